The molecule has 0 spiro atoms. The largest absolute Gasteiger partial charge is 0.352 e. The van der Waals surface area contributed by atoms with Crippen molar-refractivity contribution in [1.29, 1.82) is 0 Å². The molecular weight excluding hydrogens is 358 g/mol. The van der Waals surface area contributed by atoms with Crippen molar-refractivity contribution in [1.82, 2.24) is 15.1 Å². The van der Waals surface area contributed by atoms with Crippen LogP contribution in [0.25, 0.3) is 0 Å². The number of nitrogens with one attached hydrogen (secondary N) is 1. The number of hydrogen-bond acceptors (Lipinski definition) is 3. The van der Waals surface area contributed by atoms with Gasteiger partial charge in [0.2, 0.25) is 5.91 Å². The van der Waals surface area contributed by atoms with Crippen molar-refractivity contribution in [2.75, 3.05) is 33.2 Å². The second-order valence-corrected chi connectivity index (χ2v) is 7.67. The average molecular weight is 386 g/mol. The summed E-state index contributed by atoms with van der Waals surface area (Å²) >= 11 is 6.13. The molecule has 0 aliphatic carbocycles. The fraction of sp³-hybridized carbons (Fsp3) is 0.409. The zero-order valence-corrected chi connectivity index (χ0v) is 16.7. The van der Waals surface area contributed by atoms with Crippen LogP contribution in [0.3, 0.4) is 0 Å². The number of halogens is 1. The second kappa shape index (κ2) is 9.88. The molecule has 1 aliphatic heterocycles. The monoisotopic (exact) mass is 385 g/mol. The third-order valence-electron chi connectivity index (χ3n) is 5.09. The van der Waals surface area contributed by atoms with Gasteiger partial charge in [-0.3, -0.25) is 9.69 Å². The number of aryl methyl sites for hydroxylation is 1. The van der Waals surface area contributed by atoms with E-state index in [1.54, 1.807) is 0 Å². The molecule has 1 aliphatic rings. The minimum Gasteiger partial charge on any atom is -0.352 e. The van der Waals surface area contributed by atoms with Gasteiger partial charge in [-0.15, -0.1) is 0 Å². The lowest BCUT2D eigenvalue weighted by atomic mass is 10.1. The van der Waals surface area contributed by atoms with Crippen LogP contribution in [0.15, 0.2) is 48.5 Å². The zero-order valence-electron chi connectivity index (χ0n) is 16.0. The molecule has 3 rings (SSSR count). The van der Waals surface area contributed by atoms with Gasteiger partial charge < -0.3 is 10.2 Å². The first-order valence-electron chi connectivity index (χ1n) is 9.59. The molecule has 4 nitrogen and oxygen atoms in total. The van der Waals surface area contributed by atoms with E-state index in [0.29, 0.717) is 19.4 Å². The van der Waals surface area contributed by atoms with Crippen LogP contribution >= 0.6 is 11.6 Å². The molecule has 1 fully saturated rings. The van der Waals surface area contributed by atoms with Gasteiger partial charge in [-0.25, -0.2) is 0 Å². The highest BCUT2D eigenvalue weighted by Crippen LogP contribution is 2.16. The molecular formula is C22H28ClN3O. The first kappa shape index (κ1) is 19.9. The topological polar surface area (TPSA) is 35.6 Å². The number of amides is 1. The van der Waals surface area contributed by atoms with E-state index in [1.807, 2.05) is 24.3 Å². The summed E-state index contributed by atoms with van der Waals surface area (Å²) in [7, 11) is 2.18. The quantitative estimate of drug-likeness (QED) is 0.794. The van der Waals surface area contributed by atoms with Gasteiger partial charge in [-0.2, -0.15) is 0 Å². The third kappa shape index (κ3) is 6.35. The minimum absolute atomic E-state index is 0.0523. The van der Waals surface area contributed by atoms with Crippen molar-refractivity contribution in [2.45, 2.75) is 25.9 Å². The molecule has 1 saturated heterocycles. The van der Waals surface area contributed by atoms with Crippen molar-refractivity contribution in [3.8, 4) is 0 Å². The molecule has 0 radical (unpaired) electrons. The lowest BCUT2D eigenvalue weighted by molar-refractivity contribution is -0.121. The van der Waals surface area contributed by atoms with Crippen molar-refractivity contribution in [3.63, 3.8) is 0 Å². The van der Waals surface area contributed by atoms with Gasteiger partial charge in [0.25, 0.3) is 0 Å². The number of carbonyl (C=O) groups excluding carboxylic acids is 1. The maximum Gasteiger partial charge on any atom is 0.220 e. The fourth-order valence-electron chi connectivity index (χ4n) is 3.27. The number of benzene rings is 2. The molecule has 0 bridgehead atoms. The Kier molecular flexibility index (Phi) is 7.27. The van der Waals surface area contributed by atoms with Gasteiger partial charge in [0, 0.05) is 50.7 Å². The second-order valence-electron chi connectivity index (χ2n) is 7.26. The summed E-state index contributed by atoms with van der Waals surface area (Å²) in [6, 6.07) is 16.2. The molecule has 27 heavy (non-hydrogen) atoms. The standard InChI is InChI=1S/C22H28ClN3O/c1-25-12-14-26(15-13-25)17-19-8-6-18(7-9-19)16-24-22(27)11-10-20-4-2-3-5-21(20)23/h2-9H,10-17H2,1H3,(H,24,27). The van der Waals surface area contributed by atoms with Crippen LogP contribution in [-0.4, -0.2) is 48.9 Å². The molecule has 0 aromatic heterocycles. The van der Waals surface area contributed by atoms with Crippen LogP contribution in [0.4, 0.5) is 0 Å². The Morgan fingerprint density at radius 3 is 2.37 bits per heavy atom. The van der Waals surface area contributed by atoms with E-state index in [4.69, 9.17) is 11.6 Å². The Bertz CT molecular complexity index is 739. The van der Waals surface area contributed by atoms with E-state index in [0.717, 1.165) is 48.9 Å². The summed E-state index contributed by atoms with van der Waals surface area (Å²) in [4.78, 5) is 17.0. The van der Waals surface area contributed by atoms with Crippen LogP contribution in [0, 0.1) is 0 Å². The predicted molar refractivity (Wildman–Crippen MR) is 111 cm³/mol. The Morgan fingerprint density at radius 1 is 1.00 bits per heavy atom. The molecule has 2 aromatic rings. The van der Waals surface area contributed by atoms with Gasteiger partial charge in [-0.1, -0.05) is 54.1 Å². The van der Waals surface area contributed by atoms with Gasteiger partial charge in [0.1, 0.15) is 0 Å². The molecule has 0 atom stereocenters. The average Bonchev–Trinajstić information content (AvgIpc) is 2.68. The van der Waals surface area contributed by atoms with Crippen LogP contribution in [0.1, 0.15) is 23.1 Å². The molecule has 2 aromatic carbocycles. The third-order valence-corrected chi connectivity index (χ3v) is 5.46. The number of piperazine rings is 1. The van der Waals surface area contributed by atoms with Gasteiger partial charge in [-0.05, 0) is 36.2 Å². The number of hydrogen-bond donors (Lipinski definition) is 1. The highest BCUT2D eigenvalue weighted by molar-refractivity contribution is 6.31. The first-order chi connectivity index (χ1) is 13.1. The van der Waals surface area contributed by atoms with Crippen molar-refractivity contribution >= 4 is 17.5 Å². The molecule has 144 valence electrons. The van der Waals surface area contributed by atoms with Crippen LogP contribution in [0.2, 0.25) is 5.02 Å². The minimum atomic E-state index is 0.0523. The highest BCUT2D eigenvalue weighted by atomic mass is 35.5. The van der Waals surface area contributed by atoms with Crippen LogP contribution in [0.5, 0.6) is 0 Å². The number of rotatable bonds is 7. The fourth-order valence-corrected chi connectivity index (χ4v) is 3.50. The summed E-state index contributed by atoms with van der Waals surface area (Å²) in [5.74, 6) is 0.0523. The van der Waals surface area contributed by atoms with Crippen LogP contribution in [-0.2, 0) is 24.3 Å². The smallest absolute Gasteiger partial charge is 0.220 e. The first-order valence-corrected chi connectivity index (χ1v) is 9.97. The molecule has 1 heterocycles. The Morgan fingerprint density at radius 2 is 1.67 bits per heavy atom. The lowest BCUT2D eigenvalue weighted by Gasteiger charge is -2.32. The van der Waals surface area contributed by atoms with Crippen molar-refractivity contribution in [3.05, 3.63) is 70.2 Å². The summed E-state index contributed by atoms with van der Waals surface area (Å²) in [5.41, 5.74) is 3.47. The van der Waals surface area contributed by atoms with Crippen LogP contribution < -0.4 is 5.32 Å². The molecule has 0 unspecified atom stereocenters. The van der Waals surface area contributed by atoms with E-state index in [2.05, 4.69) is 46.4 Å². The maximum absolute atomic E-state index is 12.1. The maximum atomic E-state index is 12.1. The molecule has 1 amide bonds. The van der Waals surface area contributed by atoms with E-state index in [-0.39, 0.29) is 5.91 Å². The Labute approximate surface area is 167 Å². The normalized spacial score (nSPS) is 15.6. The number of nitrogens with zero attached hydrogens (tertiary/aromatic N) is 2. The van der Waals surface area contributed by atoms with E-state index >= 15 is 0 Å². The summed E-state index contributed by atoms with van der Waals surface area (Å²) in [5, 5.41) is 3.72. The molecule has 1 N–H and O–H groups in total. The van der Waals surface area contributed by atoms with Gasteiger partial charge in [0.05, 0.1) is 0 Å². The lowest BCUT2D eigenvalue weighted by Crippen LogP contribution is -2.43. The SMILES string of the molecule is CN1CCN(Cc2ccc(CNC(=O)CCc3ccccc3Cl)cc2)CC1. The summed E-state index contributed by atoms with van der Waals surface area (Å²) < 4.78 is 0. The van der Waals surface area contributed by atoms with Crippen molar-refractivity contribution in [2.24, 2.45) is 0 Å². The molecule has 5 heteroatoms. The number of likely N-dealkylation sites (N-methyl/N-ethyl adjacent to an activating group) is 1. The van der Waals surface area contributed by atoms with Gasteiger partial charge in [0.15, 0.2) is 0 Å². The summed E-state index contributed by atoms with van der Waals surface area (Å²) in [6.07, 6.45) is 1.11. The summed E-state index contributed by atoms with van der Waals surface area (Å²) in [6.45, 7) is 6.09. The Hall–Kier alpha value is -1.88. The number of carbonyl (C=O) groups is 1. The van der Waals surface area contributed by atoms with Crippen molar-refractivity contribution < 1.29 is 4.79 Å². The molecule has 0 saturated carbocycles. The zero-order chi connectivity index (χ0) is 19.1. The highest BCUT2D eigenvalue weighted by Gasteiger charge is 2.13. The van der Waals surface area contributed by atoms with E-state index in [9.17, 15) is 4.79 Å². The van der Waals surface area contributed by atoms with Gasteiger partial charge >= 0.3 is 0 Å². The predicted octanol–water partition coefficient (Wildman–Crippen LogP) is 3.34. The van der Waals surface area contributed by atoms with E-state index in [1.165, 1.54) is 5.56 Å². The van der Waals surface area contributed by atoms with E-state index < -0.39 is 0 Å². The Balaban J connectivity index is 1.40.